The van der Waals surface area contributed by atoms with Gasteiger partial charge in [-0.2, -0.15) is 5.26 Å². The minimum Gasteiger partial charge on any atom is -0.397 e. The third-order valence-corrected chi connectivity index (χ3v) is 4.18. The molecule has 0 aliphatic rings. The molecule has 0 saturated carbocycles. The van der Waals surface area contributed by atoms with Crippen LogP contribution in [0.3, 0.4) is 0 Å². The smallest absolute Gasteiger partial charge is 0.279 e. The van der Waals surface area contributed by atoms with E-state index in [1.54, 1.807) is 19.1 Å². The van der Waals surface area contributed by atoms with E-state index in [2.05, 4.69) is 0 Å². The van der Waals surface area contributed by atoms with E-state index in [0.29, 0.717) is 26.6 Å². The molecule has 19 heavy (non-hydrogen) atoms. The number of rotatable bonds is 2. The molecule has 0 spiro atoms. The number of nitro benzene ring substituents is 1. The molecule has 7 heteroatoms. The van der Waals surface area contributed by atoms with Crippen molar-refractivity contribution in [2.45, 2.75) is 6.92 Å². The minimum absolute atomic E-state index is 0.0960. The van der Waals surface area contributed by atoms with E-state index in [4.69, 9.17) is 22.6 Å². The van der Waals surface area contributed by atoms with Crippen molar-refractivity contribution in [3.63, 3.8) is 0 Å². The molecule has 0 radical (unpaired) electrons. The molecular formula is C12H8ClN3O2S. The number of anilines is 1. The monoisotopic (exact) mass is 293 g/mol. The average molecular weight is 294 g/mol. The summed E-state index contributed by atoms with van der Waals surface area (Å²) in [6.07, 6.45) is 0. The first kappa shape index (κ1) is 13.3. The molecule has 0 atom stereocenters. The number of nitriles is 1. The summed E-state index contributed by atoms with van der Waals surface area (Å²) < 4.78 is 0. The Hall–Kier alpha value is -2.10. The molecule has 0 fully saturated rings. The van der Waals surface area contributed by atoms with Gasteiger partial charge in [0.2, 0.25) is 0 Å². The second-order valence-corrected chi connectivity index (χ2v) is 5.29. The molecule has 0 bridgehead atoms. The molecule has 96 valence electrons. The molecule has 2 aromatic rings. The molecule has 0 unspecified atom stereocenters. The maximum absolute atomic E-state index is 11.1. The van der Waals surface area contributed by atoms with Crippen molar-refractivity contribution in [3.8, 4) is 16.5 Å². The van der Waals surface area contributed by atoms with Crippen LogP contribution in [0.1, 0.15) is 10.4 Å². The lowest BCUT2D eigenvalue weighted by Crippen LogP contribution is -1.92. The summed E-state index contributed by atoms with van der Waals surface area (Å²) >= 11 is 6.92. The molecule has 2 N–H and O–H groups in total. The Kier molecular flexibility index (Phi) is 3.42. The summed E-state index contributed by atoms with van der Waals surface area (Å²) in [4.78, 5) is 11.6. The zero-order valence-electron chi connectivity index (χ0n) is 9.81. The molecule has 0 aliphatic carbocycles. The lowest BCUT2D eigenvalue weighted by atomic mass is 10.1. The van der Waals surface area contributed by atoms with E-state index < -0.39 is 4.92 Å². The quantitative estimate of drug-likeness (QED) is 0.674. The number of halogens is 1. The second-order valence-electron chi connectivity index (χ2n) is 3.83. The van der Waals surface area contributed by atoms with Crippen LogP contribution in [0.15, 0.2) is 18.2 Å². The van der Waals surface area contributed by atoms with Crippen LogP contribution in [0, 0.1) is 28.4 Å². The SMILES string of the molecule is Cc1c(-c2ccc(Cl)cc2[N+](=O)[O-])sc(C#N)c1N. The fraction of sp³-hybridized carbons (Fsp3) is 0.0833. The van der Waals surface area contributed by atoms with Crippen LogP contribution in [-0.2, 0) is 0 Å². The van der Waals surface area contributed by atoms with Gasteiger partial charge in [0.25, 0.3) is 5.69 Å². The van der Waals surface area contributed by atoms with E-state index in [-0.39, 0.29) is 10.7 Å². The van der Waals surface area contributed by atoms with E-state index >= 15 is 0 Å². The molecule has 2 rings (SSSR count). The minimum atomic E-state index is -0.497. The molecule has 1 aromatic heterocycles. The van der Waals surface area contributed by atoms with Crippen LogP contribution in [0.5, 0.6) is 0 Å². The first-order valence-corrected chi connectivity index (χ1v) is 6.38. The van der Waals surface area contributed by atoms with Gasteiger partial charge in [-0.15, -0.1) is 11.3 Å². The standard InChI is InChI=1S/C12H8ClN3O2S/c1-6-11(15)10(5-14)19-12(6)8-3-2-7(13)4-9(8)16(17)18/h2-4H,15H2,1H3. The lowest BCUT2D eigenvalue weighted by Gasteiger charge is -2.02. The Morgan fingerprint density at radius 2 is 2.21 bits per heavy atom. The topological polar surface area (TPSA) is 93.0 Å². The summed E-state index contributed by atoms with van der Waals surface area (Å²) in [5.41, 5.74) is 7.17. The number of nitrogens with zero attached hydrogens (tertiary/aromatic N) is 2. The Bertz CT molecular complexity index is 718. The predicted octanol–water partition coefficient (Wildman–Crippen LogP) is 3.74. The fourth-order valence-corrected chi connectivity index (χ4v) is 2.94. The van der Waals surface area contributed by atoms with Crippen molar-refractivity contribution in [2.24, 2.45) is 0 Å². The van der Waals surface area contributed by atoms with Gasteiger partial charge in [0.1, 0.15) is 10.9 Å². The van der Waals surface area contributed by atoms with Gasteiger partial charge in [0.05, 0.1) is 16.2 Å². The third-order valence-electron chi connectivity index (χ3n) is 2.70. The van der Waals surface area contributed by atoms with Crippen LogP contribution >= 0.6 is 22.9 Å². The first-order valence-electron chi connectivity index (χ1n) is 5.19. The molecule has 0 amide bonds. The predicted molar refractivity (Wildman–Crippen MR) is 75.3 cm³/mol. The summed E-state index contributed by atoms with van der Waals surface area (Å²) in [5.74, 6) is 0. The highest BCUT2D eigenvalue weighted by atomic mass is 35.5. The van der Waals surface area contributed by atoms with Crippen LogP contribution in [0.2, 0.25) is 5.02 Å². The van der Waals surface area contributed by atoms with Crippen molar-refractivity contribution in [1.29, 1.82) is 5.26 Å². The van der Waals surface area contributed by atoms with Gasteiger partial charge >= 0.3 is 0 Å². The van der Waals surface area contributed by atoms with Crippen molar-refractivity contribution in [3.05, 3.63) is 43.8 Å². The molecule has 1 heterocycles. The molecule has 0 saturated heterocycles. The highest BCUT2D eigenvalue weighted by molar-refractivity contribution is 7.16. The van der Waals surface area contributed by atoms with Gasteiger partial charge in [0.15, 0.2) is 0 Å². The average Bonchev–Trinajstić information content (AvgIpc) is 2.66. The fourth-order valence-electron chi connectivity index (χ4n) is 1.71. The van der Waals surface area contributed by atoms with Gasteiger partial charge in [-0.25, -0.2) is 0 Å². The zero-order chi connectivity index (χ0) is 14.2. The third kappa shape index (κ3) is 2.26. The lowest BCUT2D eigenvalue weighted by molar-refractivity contribution is -0.384. The summed E-state index contributed by atoms with van der Waals surface area (Å²) in [7, 11) is 0. The van der Waals surface area contributed by atoms with Crippen LogP contribution in [0.4, 0.5) is 11.4 Å². The number of nitrogens with two attached hydrogens (primary N) is 1. The number of hydrogen-bond acceptors (Lipinski definition) is 5. The van der Waals surface area contributed by atoms with E-state index in [0.717, 1.165) is 11.3 Å². The first-order chi connectivity index (χ1) is 8.95. The molecular weight excluding hydrogens is 286 g/mol. The Morgan fingerprint density at radius 3 is 2.74 bits per heavy atom. The molecule has 5 nitrogen and oxygen atoms in total. The largest absolute Gasteiger partial charge is 0.397 e. The maximum atomic E-state index is 11.1. The number of nitro groups is 1. The summed E-state index contributed by atoms with van der Waals surface area (Å²) in [6, 6.07) is 6.42. The number of hydrogen-bond donors (Lipinski definition) is 1. The van der Waals surface area contributed by atoms with Gasteiger partial charge in [-0.1, -0.05) is 11.6 Å². The number of benzene rings is 1. The molecule has 0 aliphatic heterocycles. The Morgan fingerprint density at radius 1 is 1.53 bits per heavy atom. The van der Waals surface area contributed by atoms with Crippen molar-refractivity contribution in [2.75, 3.05) is 5.73 Å². The van der Waals surface area contributed by atoms with E-state index in [1.165, 1.54) is 6.07 Å². The highest BCUT2D eigenvalue weighted by Gasteiger charge is 2.21. The summed E-state index contributed by atoms with van der Waals surface area (Å²) in [6.45, 7) is 1.74. The zero-order valence-corrected chi connectivity index (χ0v) is 11.4. The highest BCUT2D eigenvalue weighted by Crippen LogP contribution is 2.42. The van der Waals surface area contributed by atoms with Crippen molar-refractivity contribution < 1.29 is 4.92 Å². The Balaban J connectivity index is 2.73. The number of thiophene rings is 1. The van der Waals surface area contributed by atoms with Crippen molar-refractivity contribution >= 4 is 34.3 Å². The normalized spacial score (nSPS) is 10.2. The number of nitrogen functional groups attached to an aromatic ring is 1. The van der Waals surface area contributed by atoms with E-state index in [9.17, 15) is 10.1 Å². The summed E-state index contributed by atoms with van der Waals surface area (Å²) in [5, 5.41) is 20.3. The maximum Gasteiger partial charge on any atom is 0.279 e. The molecule has 1 aromatic carbocycles. The van der Waals surface area contributed by atoms with Gasteiger partial charge < -0.3 is 5.73 Å². The van der Waals surface area contributed by atoms with Gasteiger partial charge in [0, 0.05) is 16.0 Å². The van der Waals surface area contributed by atoms with Crippen LogP contribution < -0.4 is 5.73 Å². The van der Waals surface area contributed by atoms with Crippen LogP contribution in [-0.4, -0.2) is 4.92 Å². The second kappa shape index (κ2) is 4.88. The van der Waals surface area contributed by atoms with E-state index in [1.807, 2.05) is 6.07 Å². The van der Waals surface area contributed by atoms with Gasteiger partial charge in [-0.05, 0) is 24.6 Å². The van der Waals surface area contributed by atoms with Crippen molar-refractivity contribution in [1.82, 2.24) is 0 Å². The van der Waals surface area contributed by atoms with Gasteiger partial charge in [-0.3, -0.25) is 10.1 Å². The van der Waals surface area contributed by atoms with Crippen LogP contribution in [0.25, 0.3) is 10.4 Å². The Labute approximate surface area is 118 Å².